The number of anilines is 2. The molecule has 6 N–H and O–H groups in total. The third-order valence-corrected chi connectivity index (χ3v) is 4.07. The minimum Gasteiger partial charge on any atom is -0.382 e. The van der Waals surface area contributed by atoms with E-state index < -0.39 is 10.0 Å². The Bertz CT molecular complexity index is 747. The Morgan fingerprint density at radius 1 is 1.33 bits per heavy atom. The molecule has 0 unspecified atom stereocenters. The minimum atomic E-state index is -3.54. The number of benzene rings is 1. The van der Waals surface area contributed by atoms with E-state index in [-0.39, 0.29) is 22.2 Å². The fraction of sp³-hybridized carbons (Fsp3) is 0.182. The number of aromatic nitrogens is 2. The molecule has 2 aromatic rings. The van der Waals surface area contributed by atoms with Crippen molar-refractivity contribution in [1.29, 1.82) is 0 Å². The summed E-state index contributed by atoms with van der Waals surface area (Å²) in [5.74, 6) is 0.306. The summed E-state index contributed by atoms with van der Waals surface area (Å²) >= 11 is 0. The average molecular weight is 309 g/mol. The highest BCUT2D eigenvalue weighted by atomic mass is 32.2. The van der Waals surface area contributed by atoms with Crippen molar-refractivity contribution >= 4 is 33.0 Å². The van der Waals surface area contributed by atoms with Crippen molar-refractivity contribution < 1.29 is 8.42 Å². The van der Waals surface area contributed by atoms with Crippen LogP contribution in [-0.2, 0) is 10.0 Å². The van der Waals surface area contributed by atoms with E-state index in [0.717, 1.165) is 0 Å². The van der Waals surface area contributed by atoms with Gasteiger partial charge in [0.1, 0.15) is 5.82 Å². The molecule has 0 saturated heterocycles. The number of nitrogen functional groups attached to an aromatic ring is 2. The number of hydrogen-bond acceptors (Lipinski definition) is 7. The molecule has 1 aromatic heterocycles. The molecule has 1 heterocycles. The van der Waals surface area contributed by atoms with Gasteiger partial charge in [-0.2, -0.15) is 10.2 Å². The zero-order valence-corrected chi connectivity index (χ0v) is 12.1. The lowest BCUT2D eigenvalue weighted by Crippen LogP contribution is -2.22. The van der Waals surface area contributed by atoms with Gasteiger partial charge in [-0.05, 0) is 18.2 Å². The molecule has 112 valence electrons. The number of rotatable bonds is 5. The smallest absolute Gasteiger partial charge is 0.240 e. The van der Waals surface area contributed by atoms with Crippen LogP contribution in [0.4, 0.5) is 23.0 Å². The summed E-state index contributed by atoms with van der Waals surface area (Å²) < 4.78 is 26.2. The Labute approximate surface area is 121 Å². The predicted octanol–water partition coefficient (Wildman–Crippen LogP) is 1.29. The monoisotopic (exact) mass is 309 g/mol. The van der Waals surface area contributed by atoms with Gasteiger partial charge in [0.05, 0.1) is 10.6 Å². The second-order valence-corrected chi connectivity index (χ2v) is 5.84. The summed E-state index contributed by atoms with van der Waals surface area (Å²) in [5.41, 5.74) is 11.7. The van der Waals surface area contributed by atoms with E-state index in [1.54, 1.807) is 19.1 Å². The molecule has 21 heavy (non-hydrogen) atoms. The quantitative estimate of drug-likeness (QED) is 0.613. The van der Waals surface area contributed by atoms with Gasteiger partial charge >= 0.3 is 0 Å². The van der Waals surface area contributed by atoms with Gasteiger partial charge in [-0.3, -0.25) is 5.10 Å². The van der Waals surface area contributed by atoms with Gasteiger partial charge in [0.25, 0.3) is 0 Å². The maximum atomic E-state index is 11.9. The van der Waals surface area contributed by atoms with E-state index in [2.05, 4.69) is 25.1 Å². The molecule has 0 radical (unpaired) electrons. The minimum absolute atomic E-state index is 0.105. The van der Waals surface area contributed by atoms with Gasteiger partial charge in [0, 0.05) is 6.54 Å². The molecule has 1 aromatic carbocycles. The fourth-order valence-electron chi connectivity index (χ4n) is 1.56. The van der Waals surface area contributed by atoms with Gasteiger partial charge in [-0.1, -0.05) is 13.0 Å². The first kappa shape index (κ1) is 14.9. The second kappa shape index (κ2) is 5.89. The van der Waals surface area contributed by atoms with Gasteiger partial charge in [-0.25, -0.2) is 13.1 Å². The van der Waals surface area contributed by atoms with Crippen molar-refractivity contribution in [2.75, 3.05) is 18.0 Å². The number of H-pyrrole nitrogens is 1. The Morgan fingerprint density at radius 2 is 2.10 bits per heavy atom. The summed E-state index contributed by atoms with van der Waals surface area (Å²) in [6.45, 7) is 2.00. The first-order valence-corrected chi connectivity index (χ1v) is 7.53. The van der Waals surface area contributed by atoms with Crippen LogP contribution >= 0.6 is 0 Å². The van der Waals surface area contributed by atoms with Gasteiger partial charge in [0.15, 0.2) is 11.5 Å². The maximum Gasteiger partial charge on any atom is 0.240 e. The van der Waals surface area contributed by atoms with Crippen LogP contribution in [0.3, 0.4) is 0 Å². The molecule has 0 spiro atoms. The lowest BCUT2D eigenvalue weighted by molar-refractivity contribution is 0.584. The molecule has 0 amide bonds. The molecule has 0 atom stereocenters. The third kappa shape index (κ3) is 3.35. The molecule has 0 saturated carbocycles. The maximum absolute atomic E-state index is 11.9. The standard InChI is InChI=1S/C11H15N7O2S/c1-2-14-21(19,20)8-5-3-4-7(6-8)15-16-9-10(12)17-18-11(9)13/h3-6,14H,2H2,1H3,(H5,12,13,17,18). The first-order chi connectivity index (χ1) is 9.94. The largest absolute Gasteiger partial charge is 0.382 e. The van der Waals surface area contributed by atoms with Crippen LogP contribution in [-0.4, -0.2) is 25.2 Å². The van der Waals surface area contributed by atoms with Crippen LogP contribution in [0.15, 0.2) is 39.4 Å². The molecule has 0 bridgehead atoms. The van der Waals surface area contributed by atoms with Crippen molar-refractivity contribution in [2.45, 2.75) is 11.8 Å². The zero-order valence-electron chi connectivity index (χ0n) is 11.2. The number of nitrogens with two attached hydrogens (primary N) is 2. The topological polar surface area (TPSA) is 152 Å². The molecule has 0 fully saturated rings. The molecule has 0 aliphatic heterocycles. The van der Waals surface area contributed by atoms with E-state index in [4.69, 9.17) is 11.5 Å². The number of azo groups is 1. The third-order valence-electron chi connectivity index (χ3n) is 2.52. The molecular weight excluding hydrogens is 294 g/mol. The second-order valence-electron chi connectivity index (χ2n) is 4.07. The molecular formula is C11H15N7O2S. The van der Waals surface area contributed by atoms with E-state index in [9.17, 15) is 8.42 Å². The number of nitrogens with one attached hydrogen (secondary N) is 2. The average Bonchev–Trinajstić information content (AvgIpc) is 2.76. The molecule has 9 nitrogen and oxygen atoms in total. The fourth-order valence-corrected chi connectivity index (χ4v) is 2.64. The normalized spacial score (nSPS) is 12.0. The molecule has 0 aliphatic rings. The van der Waals surface area contributed by atoms with Gasteiger partial charge < -0.3 is 11.5 Å². The Kier molecular flexibility index (Phi) is 4.19. The summed E-state index contributed by atoms with van der Waals surface area (Å²) in [6, 6.07) is 6.05. The summed E-state index contributed by atoms with van der Waals surface area (Å²) in [5, 5.41) is 13.9. The molecule has 0 aliphatic carbocycles. The van der Waals surface area contributed by atoms with Crippen molar-refractivity contribution in [3.8, 4) is 0 Å². The number of aromatic amines is 1. The number of sulfonamides is 1. The van der Waals surface area contributed by atoms with Gasteiger partial charge in [0.2, 0.25) is 10.0 Å². The summed E-state index contributed by atoms with van der Waals surface area (Å²) in [6.07, 6.45) is 0. The van der Waals surface area contributed by atoms with Crippen LogP contribution in [0.5, 0.6) is 0 Å². The van der Waals surface area contributed by atoms with Gasteiger partial charge in [-0.15, -0.1) is 5.11 Å². The first-order valence-electron chi connectivity index (χ1n) is 6.05. The van der Waals surface area contributed by atoms with Crippen LogP contribution in [0.1, 0.15) is 6.92 Å². The van der Waals surface area contributed by atoms with E-state index >= 15 is 0 Å². The van der Waals surface area contributed by atoms with Crippen LogP contribution in [0.2, 0.25) is 0 Å². The number of nitrogens with zero attached hydrogens (tertiary/aromatic N) is 3. The Hall–Kier alpha value is -2.46. The zero-order chi connectivity index (χ0) is 15.5. The van der Waals surface area contributed by atoms with Crippen molar-refractivity contribution in [2.24, 2.45) is 10.2 Å². The lowest BCUT2D eigenvalue weighted by atomic mass is 10.3. The predicted molar refractivity (Wildman–Crippen MR) is 78.9 cm³/mol. The molecule has 10 heteroatoms. The Morgan fingerprint density at radius 3 is 2.71 bits per heavy atom. The summed E-state index contributed by atoms with van der Waals surface area (Å²) in [7, 11) is -3.54. The highest BCUT2D eigenvalue weighted by molar-refractivity contribution is 7.89. The van der Waals surface area contributed by atoms with Crippen molar-refractivity contribution in [3.63, 3.8) is 0 Å². The van der Waals surface area contributed by atoms with Crippen LogP contribution in [0.25, 0.3) is 0 Å². The number of hydrogen-bond donors (Lipinski definition) is 4. The van der Waals surface area contributed by atoms with E-state index in [0.29, 0.717) is 12.2 Å². The van der Waals surface area contributed by atoms with Crippen LogP contribution < -0.4 is 16.2 Å². The lowest BCUT2D eigenvalue weighted by Gasteiger charge is -2.04. The molecule has 2 rings (SSSR count). The van der Waals surface area contributed by atoms with E-state index in [1.165, 1.54) is 12.1 Å². The summed E-state index contributed by atoms with van der Waals surface area (Å²) in [4.78, 5) is 0.105. The SMILES string of the molecule is CCNS(=O)(=O)c1cccc(N=Nc2c(N)n[nH]c2N)c1. The highest BCUT2D eigenvalue weighted by Gasteiger charge is 2.13. The highest BCUT2D eigenvalue weighted by Crippen LogP contribution is 2.28. The Balaban J connectivity index is 2.31. The van der Waals surface area contributed by atoms with Crippen molar-refractivity contribution in [3.05, 3.63) is 24.3 Å². The van der Waals surface area contributed by atoms with Crippen LogP contribution in [0, 0.1) is 0 Å². The van der Waals surface area contributed by atoms with Crippen molar-refractivity contribution in [1.82, 2.24) is 14.9 Å². The van der Waals surface area contributed by atoms with E-state index in [1.807, 2.05) is 0 Å².